The van der Waals surface area contributed by atoms with Crippen molar-refractivity contribution in [3.63, 3.8) is 0 Å². The molecular formula is C17H16N2O5. The summed E-state index contributed by atoms with van der Waals surface area (Å²) < 4.78 is 11.6. The lowest BCUT2D eigenvalue weighted by Gasteiger charge is -2.17. The summed E-state index contributed by atoms with van der Waals surface area (Å²) in [6.07, 6.45) is 1.44. The van der Waals surface area contributed by atoms with Gasteiger partial charge < -0.3 is 14.3 Å². The molecule has 0 saturated carbocycles. The predicted molar refractivity (Wildman–Crippen MR) is 85.8 cm³/mol. The maximum atomic E-state index is 12.5. The lowest BCUT2D eigenvalue weighted by molar-refractivity contribution is -0.140. The number of nitrogens with zero attached hydrogens (tertiary/aromatic N) is 2. The molecule has 1 aromatic carbocycles. The number of hydrogen-bond donors (Lipinski definition) is 1. The molecule has 1 atom stereocenters. The zero-order valence-electron chi connectivity index (χ0n) is 13.2. The summed E-state index contributed by atoms with van der Waals surface area (Å²) in [4.78, 5) is 24.3. The lowest BCUT2D eigenvalue weighted by Crippen LogP contribution is -2.20. The van der Waals surface area contributed by atoms with E-state index in [0.29, 0.717) is 11.1 Å². The second kappa shape index (κ2) is 6.19. The van der Waals surface area contributed by atoms with E-state index < -0.39 is 17.5 Å². The summed E-state index contributed by atoms with van der Waals surface area (Å²) in [5.74, 6) is -1.43. The largest absolute Gasteiger partial charge is 0.507 e. The first-order chi connectivity index (χ1) is 11.5. The number of methoxy groups -OCH3 is 1. The summed E-state index contributed by atoms with van der Waals surface area (Å²) in [5.41, 5.74) is 0.202. The van der Waals surface area contributed by atoms with Gasteiger partial charge in [0.05, 0.1) is 24.5 Å². The first kappa shape index (κ1) is 15.8. The molecule has 3 aromatic rings. The molecule has 0 spiro atoms. The molecule has 0 aliphatic rings. The number of carbonyl (C=O) groups excluding carboxylic acids is 1. The van der Waals surface area contributed by atoms with E-state index >= 15 is 0 Å². The summed E-state index contributed by atoms with van der Waals surface area (Å²) in [6.45, 7) is 0. The van der Waals surface area contributed by atoms with Gasteiger partial charge in [-0.1, -0.05) is 12.1 Å². The van der Waals surface area contributed by atoms with Crippen molar-refractivity contribution in [1.29, 1.82) is 0 Å². The van der Waals surface area contributed by atoms with E-state index in [2.05, 4.69) is 5.10 Å². The molecule has 0 aliphatic carbocycles. The van der Waals surface area contributed by atoms with Gasteiger partial charge in [0.25, 0.3) is 0 Å². The van der Waals surface area contributed by atoms with Gasteiger partial charge in [-0.25, -0.2) is 4.79 Å². The Hall–Kier alpha value is -3.09. The highest BCUT2D eigenvalue weighted by atomic mass is 16.5. The minimum absolute atomic E-state index is 0.0164. The van der Waals surface area contributed by atoms with Crippen LogP contribution in [0.25, 0.3) is 11.0 Å². The van der Waals surface area contributed by atoms with E-state index in [9.17, 15) is 14.7 Å². The molecule has 0 bridgehead atoms. The number of aromatic hydroxyl groups is 1. The first-order valence-corrected chi connectivity index (χ1v) is 7.32. The summed E-state index contributed by atoms with van der Waals surface area (Å²) in [7, 11) is 2.96. The third-order valence-corrected chi connectivity index (χ3v) is 3.98. The Kier molecular flexibility index (Phi) is 4.07. The molecule has 0 unspecified atom stereocenters. The summed E-state index contributed by atoms with van der Waals surface area (Å²) >= 11 is 0. The Morgan fingerprint density at radius 3 is 2.79 bits per heavy atom. The van der Waals surface area contributed by atoms with Crippen LogP contribution in [0, 0.1) is 0 Å². The molecule has 24 heavy (non-hydrogen) atoms. The smallest absolute Gasteiger partial charge is 0.343 e. The van der Waals surface area contributed by atoms with E-state index in [1.54, 1.807) is 48.3 Å². The highest BCUT2D eigenvalue weighted by molar-refractivity contribution is 5.84. The number of esters is 1. The monoisotopic (exact) mass is 328 g/mol. The maximum Gasteiger partial charge on any atom is 0.343 e. The number of para-hydroxylation sites is 1. The third-order valence-electron chi connectivity index (χ3n) is 3.98. The van der Waals surface area contributed by atoms with E-state index in [1.165, 1.54) is 7.11 Å². The van der Waals surface area contributed by atoms with Gasteiger partial charge in [0.2, 0.25) is 0 Å². The number of hydrogen-bond acceptors (Lipinski definition) is 6. The Morgan fingerprint density at radius 1 is 1.38 bits per heavy atom. The molecule has 0 fully saturated rings. The van der Waals surface area contributed by atoms with Gasteiger partial charge in [-0.15, -0.1) is 0 Å². The van der Waals surface area contributed by atoms with E-state index in [0.717, 1.165) is 0 Å². The fraction of sp³-hybridized carbons (Fsp3) is 0.235. The van der Waals surface area contributed by atoms with Gasteiger partial charge in [-0.3, -0.25) is 9.48 Å². The molecule has 2 heterocycles. The average Bonchev–Trinajstić information content (AvgIpc) is 2.99. The molecule has 0 amide bonds. The first-order valence-electron chi connectivity index (χ1n) is 7.32. The molecule has 124 valence electrons. The number of benzene rings is 1. The number of aromatic nitrogens is 2. The van der Waals surface area contributed by atoms with Crippen molar-refractivity contribution in [3.8, 4) is 5.75 Å². The van der Waals surface area contributed by atoms with Gasteiger partial charge in [0, 0.05) is 24.9 Å². The quantitative estimate of drug-likeness (QED) is 0.581. The molecule has 7 heteroatoms. The summed E-state index contributed by atoms with van der Waals surface area (Å²) in [5, 5.41) is 15.1. The highest BCUT2D eigenvalue weighted by Gasteiger charge is 2.29. The Morgan fingerprint density at radius 2 is 2.12 bits per heavy atom. The van der Waals surface area contributed by atoms with Crippen molar-refractivity contribution < 1.29 is 19.1 Å². The van der Waals surface area contributed by atoms with Crippen LogP contribution in [0.2, 0.25) is 0 Å². The van der Waals surface area contributed by atoms with Crippen molar-refractivity contribution in [2.24, 2.45) is 7.05 Å². The van der Waals surface area contributed by atoms with E-state index in [4.69, 9.17) is 9.15 Å². The normalized spacial score (nSPS) is 12.2. The van der Waals surface area contributed by atoms with Crippen LogP contribution >= 0.6 is 0 Å². The van der Waals surface area contributed by atoms with Crippen LogP contribution in [-0.2, 0) is 16.6 Å². The number of fused-ring (bicyclic) bond motifs is 1. The van der Waals surface area contributed by atoms with Gasteiger partial charge >= 0.3 is 11.6 Å². The second-order valence-corrected chi connectivity index (χ2v) is 5.36. The average molecular weight is 328 g/mol. The molecular weight excluding hydrogens is 312 g/mol. The standard InChI is InChI=1S/C17H16N2O5/c1-19-12(7-8-18-19)11(9-14(20)23-2)15-16(21)10-5-3-4-6-13(10)24-17(15)22/h3-8,11,21H,9H2,1-2H3/t11-/m0/s1. The Balaban J connectivity index is 2.25. The molecule has 2 aromatic heterocycles. The highest BCUT2D eigenvalue weighted by Crippen LogP contribution is 2.35. The minimum atomic E-state index is -0.731. The predicted octanol–water partition coefficient (Wildman–Crippen LogP) is 1.93. The van der Waals surface area contributed by atoms with Crippen LogP contribution in [0.1, 0.15) is 23.6 Å². The van der Waals surface area contributed by atoms with Crippen LogP contribution in [0.5, 0.6) is 5.75 Å². The Bertz CT molecular complexity index is 957. The number of ether oxygens (including phenoxy) is 1. The van der Waals surface area contributed by atoms with Crippen molar-refractivity contribution in [1.82, 2.24) is 9.78 Å². The maximum absolute atomic E-state index is 12.5. The van der Waals surface area contributed by atoms with Crippen molar-refractivity contribution in [2.45, 2.75) is 12.3 Å². The molecule has 1 N–H and O–H groups in total. The van der Waals surface area contributed by atoms with Crippen LogP contribution < -0.4 is 5.63 Å². The lowest BCUT2D eigenvalue weighted by atomic mass is 9.92. The van der Waals surface area contributed by atoms with E-state index in [-0.39, 0.29) is 23.3 Å². The van der Waals surface area contributed by atoms with Gasteiger partial charge in [-0.2, -0.15) is 5.10 Å². The van der Waals surface area contributed by atoms with E-state index in [1.807, 2.05) is 0 Å². The SMILES string of the molecule is COC(=O)C[C@H](c1c(O)c2ccccc2oc1=O)c1ccnn1C. The molecule has 0 radical (unpaired) electrons. The number of rotatable bonds is 4. The van der Waals surface area contributed by atoms with Crippen LogP contribution in [-0.4, -0.2) is 28.0 Å². The number of aryl methyl sites for hydroxylation is 1. The fourth-order valence-corrected chi connectivity index (χ4v) is 2.79. The molecule has 3 rings (SSSR count). The molecule has 0 saturated heterocycles. The van der Waals surface area contributed by atoms with Crippen molar-refractivity contribution >= 4 is 16.9 Å². The van der Waals surface area contributed by atoms with Crippen molar-refractivity contribution in [3.05, 3.63) is 58.2 Å². The van der Waals surface area contributed by atoms with Crippen LogP contribution in [0.4, 0.5) is 0 Å². The van der Waals surface area contributed by atoms with Crippen molar-refractivity contribution in [2.75, 3.05) is 7.11 Å². The Labute approximate surface area is 137 Å². The van der Waals surface area contributed by atoms with Gasteiger partial charge in [-0.05, 0) is 18.2 Å². The fourth-order valence-electron chi connectivity index (χ4n) is 2.79. The number of carbonyl (C=O) groups is 1. The van der Waals surface area contributed by atoms with Crippen LogP contribution in [0.15, 0.2) is 45.7 Å². The second-order valence-electron chi connectivity index (χ2n) is 5.36. The molecule has 0 aliphatic heterocycles. The van der Waals surface area contributed by atoms with Gasteiger partial charge in [0.15, 0.2) is 0 Å². The minimum Gasteiger partial charge on any atom is -0.507 e. The zero-order chi connectivity index (χ0) is 17.3. The van der Waals surface area contributed by atoms with Gasteiger partial charge in [0.1, 0.15) is 11.3 Å². The molecule has 7 nitrogen and oxygen atoms in total. The van der Waals surface area contributed by atoms with Crippen LogP contribution in [0.3, 0.4) is 0 Å². The topological polar surface area (TPSA) is 94.6 Å². The zero-order valence-corrected chi connectivity index (χ0v) is 13.2. The summed E-state index contributed by atoms with van der Waals surface area (Å²) in [6, 6.07) is 8.36. The third kappa shape index (κ3) is 2.64.